The highest BCUT2D eigenvalue weighted by atomic mass is 32.1. The largest absolute Gasteiger partial charge is 0.308 e. The first-order valence-electron chi connectivity index (χ1n) is 7.14. The highest BCUT2D eigenvalue weighted by Gasteiger charge is 2.38. The number of aromatic nitrogens is 1. The molecule has 1 saturated heterocycles. The number of nitrogens with zero attached hydrogens (tertiary/aromatic N) is 2. The van der Waals surface area contributed by atoms with Crippen LogP contribution in [0.25, 0.3) is 0 Å². The van der Waals surface area contributed by atoms with Crippen molar-refractivity contribution in [3.05, 3.63) is 16.6 Å². The lowest BCUT2D eigenvalue weighted by Gasteiger charge is -2.49. The van der Waals surface area contributed by atoms with E-state index in [-0.39, 0.29) is 0 Å². The van der Waals surface area contributed by atoms with E-state index < -0.39 is 0 Å². The molecule has 1 N–H and O–H groups in total. The summed E-state index contributed by atoms with van der Waals surface area (Å²) in [6, 6.07) is 0.639. The monoisotopic (exact) mass is 265 g/mol. The zero-order valence-electron chi connectivity index (χ0n) is 11.2. The number of hydrogen-bond acceptors (Lipinski definition) is 4. The Morgan fingerprint density at radius 2 is 2.28 bits per heavy atom. The van der Waals surface area contributed by atoms with Crippen LogP contribution >= 0.6 is 11.3 Å². The minimum atomic E-state index is 0.412. The molecule has 1 aromatic rings. The van der Waals surface area contributed by atoms with Gasteiger partial charge in [-0.3, -0.25) is 9.88 Å². The average molecular weight is 265 g/mol. The second kappa shape index (κ2) is 5.27. The predicted molar refractivity (Wildman–Crippen MR) is 75.8 cm³/mol. The number of hydrogen-bond donors (Lipinski definition) is 1. The first-order chi connectivity index (χ1) is 8.77. The van der Waals surface area contributed by atoms with E-state index in [0.29, 0.717) is 11.6 Å². The third kappa shape index (κ3) is 2.60. The lowest BCUT2D eigenvalue weighted by molar-refractivity contribution is 0.0580. The molecule has 1 aromatic heterocycles. The number of rotatable bonds is 2. The Kier molecular flexibility index (Phi) is 3.68. The van der Waals surface area contributed by atoms with Crippen molar-refractivity contribution in [2.75, 3.05) is 13.1 Å². The van der Waals surface area contributed by atoms with Crippen molar-refractivity contribution in [3.63, 3.8) is 0 Å². The van der Waals surface area contributed by atoms with Crippen molar-refractivity contribution in [3.8, 4) is 0 Å². The molecule has 1 saturated carbocycles. The first kappa shape index (κ1) is 12.6. The van der Waals surface area contributed by atoms with Crippen molar-refractivity contribution in [1.82, 2.24) is 15.2 Å². The topological polar surface area (TPSA) is 28.2 Å². The Bertz CT molecular complexity index is 370. The van der Waals surface area contributed by atoms with E-state index in [4.69, 9.17) is 0 Å². The summed E-state index contributed by atoms with van der Waals surface area (Å²) in [6.45, 7) is 5.77. The highest BCUT2D eigenvalue weighted by Crippen LogP contribution is 2.32. The molecule has 2 aliphatic rings. The van der Waals surface area contributed by atoms with Gasteiger partial charge >= 0.3 is 0 Å². The molecule has 0 radical (unpaired) electrons. The zero-order chi connectivity index (χ0) is 12.4. The molecule has 18 heavy (non-hydrogen) atoms. The van der Waals surface area contributed by atoms with Crippen LogP contribution in [0.4, 0.5) is 0 Å². The Morgan fingerprint density at radius 1 is 1.44 bits per heavy atom. The van der Waals surface area contributed by atoms with E-state index in [1.807, 2.05) is 11.7 Å². The Labute approximate surface area is 114 Å². The maximum atomic E-state index is 4.19. The molecule has 1 atom stereocenters. The van der Waals surface area contributed by atoms with E-state index in [0.717, 1.165) is 13.1 Å². The van der Waals surface area contributed by atoms with E-state index in [9.17, 15) is 0 Å². The van der Waals surface area contributed by atoms with Crippen LogP contribution in [0.5, 0.6) is 0 Å². The van der Waals surface area contributed by atoms with Gasteiger partial charge in [0.25, 0.3) is 0 Å². The van der Waals surface area contributed by atoms with Crippen molar-refractivity contribution in [2.45, 2.75) is 57.2 Å². The van der Waals surface area contributed by atoms with Crippen LogP contribution in [0.2, 0.25) is 0 Å². The van der Waals surface area contributed by atoms with Gasteiger partial charge in [0.1, 0.15) is 0 Å². The van der Waals surface area contributed by atoms with Gasteiger partial charge in [0, 0.05) is 42.3 Å². The van der Waals surface area contributed by atoms with Crippen molar-refractivity contribution >= 4 is 11.3 Å². The summed E-state index contributed by atoms with van der Waals surface area (Å²) in [6.07, 6.45) is 8.96. The molecule has 0 amide bonds. The van der Waals surface area contributed by atoms with Gasteiger partial charge in [-0.15, -0.1) is 11.3 Å². The minimum Gasteiger partial charge on any atom is -0.308 e. The van der Waals surface area contributed by atoms with Crippen molar-refractivity contribution < 1.29 is 0 Å². The molecule has 0 bridgehead atoms. The van der Waals surface area contributed by atoms with Crippen LogP contribution in [0.15, 0.2) is 11.7 Å². The Hall–Kier alpha value is -0.450. The van der Waals surface area contributed by atoms with Crippen LogP contribution in [0, 0.1) is 0 Å². The SMILES string of the molecule is CC1CNC2(CCCCC2)CN1Cc1cncs1. The van der Waals surface area contributed by atoms with E-state index in [1.165, 1.54) is 43.5 Å². The van der Waals surface area contributed by atoms with E-state index in [1.54, 1.807) is 11.3 Å². The Morgan fingerprint density at radius 3 is 3.00 bits per heavy atom. The summed E-state index contributed by atoms with van der Waals surface area (Å²) >= 11 is 1.78. The summed E-state index contributed by atoms with van der Waals surface area (Å²) in [7, 11) is 0. The number of thiazole rings is 1. The summed E-state index contributed by atoms with van der Waals surface area (Å²) in [5.41, 5.74) is 2.36. The predicted octanol–water partition coefficient (Wildman–Crippen LogP) is 2.64. The third-order valence-electron chi connectivity index (χ3n) is 4.55. The second-order valence-electron chi connectivity index (χ2n) is 5.94. The molecule has 1 aliphatic heterocycles. The molecule has 1 spiro atoms. The second-order valence-corrected chi connectivity index (χ2v) is 6.91. The standard InChI is InChI=1S/C14H23N3S/c1-12-7-16-14(5-3-2-4-6-14)10-17(12)9-13-8-15-11-18-13/h8,11-12,16H,2-7,9-10H2,1H3. The average Bonchev–Trinajstić information content (AvgIpc) is 2.88. The van der Waals surface area contributed by atoms with Crippen LogP contribution in [-0.2, 0) is 6.54 Å². The molecule has 2 fully saturated rings. The molecule has 1 aliphatic carbocycles. The van der Waals surface area contributed by atoms with Gasteiger partial charge < -0.3 is 5.32 Å². The fraction of sp³-hybridized carbons (Fsp3) is 0.786. The Balaban J connectivity index is 1.68. The quantitative estimate of drug-likeness (QED) is 0.891. The lowest BCUT2D eigenvalue weighted by atomic mass is 9.79. The van der Waals surface area contributed by atoms with Gasteiger partial charge in [-0.25, -0.2) is 0 Å². The molecule has 1 unspecified atom stereocenters. The van der Waals surface area contributed by atoms with E-state index in [2.05, 4.69) is 22.1 Å². The fourth-order valence-corrected chi connectivity index (χ4v) is 4.01. The molecule has 3 nitrogen and oxygen atoms in total. The summed E-state index contributed by atoms with van der Waals surface area (Å²) in [5.74, 6) is 0. The summed E-state index contributed by atoms with van der Waals surface area (Å²) in [4.78, 5) is 8.24. The maximum absolute atomic E-state index is 4.19. The maximum Gasteiger partial charge on any atom is 0.0794 e. The molecule has 2 heterocycles. The van der Waals surface area contributed by atoms with Gasteiger partial charge in [-0.2, -0.15) is 0 Å². The highest BCUT2D eigenvalue weighted by molar-refractivity contribution is 7.09. The molecule has 3 rings (SSSR count). The van der Waals surface area contributed by atoms with Crippen LogP contribution in [0.1, 0.15) is 43.9 Å². The van der Waals surface area contributed by atoms with Gasteiger partial charge in [0.05, 0.1) is 5.51 Å². The van der Waals surface area contributed by atoms with Crippen LogP contribution < -0.4 is 5.32 Å². The number of piperazine rings is 1. The molecule has 0 aromatic carbocycles. The van der Waals surface area contributed by atoms with Gasteiger partial charge in [-0.05, 0) is 19.8 Å². The van der Waals surface area contributed by atoms with Gasteiger partial charge in [-0.1, -0.05) is 19.3 Å². The van der Waals surface area contributed by atoms with E-state index >= 15 is 0 Å². The third-order valence-corrected chi connectivity index (χ3v) is 5.32. The van der Waals surface area contributed by atoms with Gasteiger partial charge in [0.15, 0.2) is 0 Å². The molecular weight excluding hydrogens is 242 g/mol. The fourth-order valence-electron chi connectivity index (χ4n) is 3.39. The smallest absolute Gasteiger partial charge is 0.0794 e. The van der Waals surface area contributed by atoms with Crippen LogP contribution in [-0.4, -0.2) is 34.6 Å². The van der Waals surface area contributed by atoms with Crippen molar-refractivity contribution in [2.24, 2.45) is 0 Å². The first-order valence-corrected chi connectivity index (χ1v) is 8.02. The minimum absolute atomic E-state index is 0.412. The molecule has 4 heteroatoms. The molecular formula is C14H23N3S. The lowest BCUT2D eigenvalue weighted by Crippen LogP contribution is -2.63. The summed E-state index contributed by atoms with van der Waals surface area (Å²) < 4.78 is 0. The van der Waals surface area contributed by atoms with Crippen LogP contribution in [0.3, 0.4) is 0 Å². The molecule has 100 valence electrons. The summed E-state index contributed by atoms with van der Waals surface area (Å²) in [5, 5.41) is 3.84. The van der Waals surface area contributed by atoms with Gasteiger partial charge in [0.2, 0.25) is 0 Å². The zero-order valence-corrected chi connectivity index (χ0v) is 12.0. The number of nitrogens with one attached hydrogen (secondary N) is 1. The normalized spacial score (nSPS) is 28.6. The van der Waals surface area contributed by atoms with Crippen molar-refractivity contribution in [1.29, 1.82) is 0 Å².